The molecule has 3 aromatic rings. The van der Waals surface area contributed by atoms with Crippen molar-refractivity contribution >= 4 is 28.3 Å². The molecule has 3 rings (SSSR count). The lowest BCUT2D eigenvalue weighted by Gasteiger charge is -2.11. The quantitative estimate of drug-likeness (QED) is 0.584. The van der Waals surface area contributed by atoms with E-state index in [1.807, 2.05) is 0 Å². The van der Waals surface area contributed by atoms with Crippen LogP contribution in [0.5, 0.6) is 0 Å². The van der Waals surface area contributed by atoms with Gasteiger partial charge in [-0.1, -0.05) is 36.4 Å². The molecule has 0 spiro atoms. The van der Waals surface area contributed by atoms with Crippen LogP contribution in [0.3, 0.4) is 0 Å². The summed E-state index contributed by atoms with van der Waals surface area (Å²) in [5.41, 5.74) is 0.903. The summed E-state index contributed by atoms with van der Waals surface area (Å²) in [5, 5.41) is 12.9. The third-order valence-corrected chi connectivity index (χ3v) is 3.96. The zero-order valence-electron chi connectivity index (χ0n) is 14.5. The van der Waals surface area contributed by atoms with Crippen molar-refractivity contribution < 1.29 is 9.59 Å². The van der Waals surface area contributed by atoms with Crippen LogP contribution in [0.15, 0.2) is 66.0 Å². The molecule has 0 saturated heterocycles. The molecule has 0 radical (unpaired) electrons. The van der Waals surface area contributed by atoms with Crippen LogP contribution < -0.4 is 16.2 Å². The van der Waals surface area contributed by atoms with E-state index in [9.17, 15) is 14.4 Å². The summed E-state index contributed by atoms with van der Waals surface area (Å²) in [4.78, 5) is 36.6. The van der Waals surface area contributed by atoms with E-state index in [1.165, 1.54) is 0 Å². The van der Waals surface area contributed by atoms with Crippen LogP contribution in [0.25, 0.3) is 10.8 Å². The highest BCUT2D eigenvalue weighted by Gasteiger charge is 2.15. The molecule has 7 nitrogen and oxygen atoms in total. The first-order valence-corrected chi connectivity index (χ1v) is 8.34. The molecule has 27 heavy (non-hydrogen) atoms. The van der Waals surface area contributed by atoms with Gasteiger partial charge in [-0.25, -0.2) is 5.10 Å². The van der Waals surface area contributed by atoms with Crippen molar-refractivity contribution in [1.82, 2.24) is 15.5 Å². The number of rotatable bonds is 6. The largest absolute Gasteiger partial charge is 0.349 e. The summed E-state index contributed by atoms with van der Waals surface area (Å²) in [7, 11) is 0. The normalized spacial score (nSPS) is 10.4. The number of H-pyrrole nitrogens is 1. The number of aromatic nitrogens is 2. The predicted molar refractivity (Wildman–Crippen MR) is 104 cm³/mol. The van der Waals surface area contributed by atoms with Gasteiger partial charge in [-0.15, -0.1) is 6.58 Å². The van der Waals surface area contributed by atoms with E-state index in [0.29, 0.717) is 34.3 Å². The molecular formula is C20H18N4O3. The lowest BCUT2D eigenvalue weighted by Crippen LogP contribution is -2.25. The number of nitrogens with one attached hydrogen (secondary N) is 3. The van der Waals surface area contributed by atoms with Gasteiger partial charge in [0.15, 0.2) is 0 Å². The van der Waals surface area contributed by atoms with E-state index in [2.05, 4.69) is 27.4 Å². The van der Waals surface area contributed by atoms with Crippen LogP contribution in [-0.4, -0.2) is 28.6 Å². The molecule has 0 aliphatic carbocycles. The summed E-state index contributed by atoms with van der Waals surface area (Å²) in [6.45, 7) is 3.89. The second kappa shape index (κ2) is 8.09. The zero-order valence-corrected chi connectivity index (χ0v) is 14.5. The van der Waals surface area contributed by atoms with E-state index in [-0.39, 0.29) is 23.8 Å². The Balaban J connectivity index is 1.82. The Morgan fingerprint density at radius 2 is 1.78 bits per heavy atom. The van der Waals surface area contributed by atoms with Crippen molar-refractivity contribution in [1.29, 1.82) is 0 Å². The number of carbonyl (C=O) groups is 2. The summed E-state index contributed by atoms with van der Waals surface area (Å²) >= 11 is 0. The summed E-state index contributed by atoms with van der Waals surface area (Å²) in [6, 6.07) is 13.7. The van der Waals surface area contributed by atoms with Crippen molar-refractivity contribution in [2.75, 3.05) is 11.9 Å². The monoisotopic (exact) mass is 362 g/mol. The Bertz CT molecular complexity index is 1070. The van der Waals surface area contributed by atoms with Gasteiger partial charge in [0.1, 0.15) is 0 Å². The maximum absolute atomic E-state index is 12.5. The number of para-hydroxylation sites is 1. The Labute approximate surface area is 155 Å². The first kappa shape index (κ1) is 18.1. The molecule has 136 valence electrons. The van der Waals surface area contributed by atoms with Crippen molar-refractivity contribution in [3.63, 3.8) is 0 Å². The number of hydrogen-bond acceptors (Lipinski definition) is 4. The standard InChI is InChI=1S/C20H18N4O3/c1-2-11-21-19(26)15-9-5-6-10-16(15)22-18(25)12-17-13-7-3-4-8-14(13)20(27)24-23-17/h2-10H,1,11-12H2,(H,21,26)(H,22,25)(H,24,27). The number of carbonyl (C=O) groups excluding carboxylic acids is 2. The van der Waals surface area contributed by atoms with E-state index >= 15 is 0 Å². The Kier molecular flexibility index (Phi) is 5.41. The lowest BCUT2D eigenvalue weighted by atomic mass is 10.1. The average Bonchev–Trinajstić information content (AvgIpc) is 2.69. The summed E-state index contributed by atoms with van der Waals surface area (Å²) < 4.78 is 0. The molecule has 0 aliphatic heterocycles. The minimum absolute atomic E-state index is 0.0418. The first-order valence-electron chi connectivity index (χ1n) is 8.34. The highest BCUT2D eigenvalue weighted by Crippen LogP contribution is 2.17. The second-order valence-electron chi connectivity index (χ2n) is 5.81. The van der Waals surface area contributed by atoms with E-state index in [0.717, 1.165) is 0 Å². The predicted octanol–water partition coefficient (Wildman–Crippen LogP) is 2.02. The van der Waals surface area contributed by atoms with Crippen molar-refractivity contribution in [3.8, 4) is 0 Å². The highest BCUT2D eigenvalue weighted by atomic mass is 16.2. The number of hydrogen-bond donors (Lipinski definition) is 3. The number of benzene rings is 2. The minimum atomic E-state index is -0.344. The number of aromatic amines is 1. The van der Waals surface area contributed by atoms with Gasteiger partial charge in [-0.05, 0) is 18.2 Å². The van der Waals surface area contributed by atoms with Gasteiger partial charge < -0.3 is 10.6 Å². The zero-order chi connectivity index (χ0) is 19.2. The Hall–Kier alpha value is -3.74. The lowest BCUT2D eigenvalue weighted by molar-refractivity contribution is -0.115. The highest BCUT2D eigenvalue weighted by molar-refractivity contribution is 6.04. The van der Waals surface area contributed by atoms with Crippen LogP contribution in [0.1, 0.15) is 16.1 Å². The van der Waals surface area contributed by atoms with Crippen LogP contribution in [0.4, 0.5) is 5.69 Å². The molecule has 2 aromatic carbocycles. The molecule has 2 amide bonds. The number of anilines is 1. The SMILES string of the molecule is C=CCNC(=O)c1ccccc1NC(=O)Cc1n[nH]c(=O)c2ccccc12. The van der Waals surface area contributed by atoms with Crippen molar-refractivity contribution in [2.24, 2.45) is 0 Å². The summed E-state index contributed by atoms with van der Waals surface area (Å²) in [6.07, 6.45) is 1.53. The van der Waals surface area contributed by atoms with Crippen molar-refractivity contribution in [3.05, 3.63) is 82.8 Å². The van der Waals surface area contributed by atoms with Gasteiger partial charge in [0, 0.05) is 11.9 Å². The van der Waals surface area contributed by atoms with Crippen LogP contribution in [0, 0.1) is 0 Å². The molecule has 0 fully saturated rings. The van der Waals surface area contributed by atoms with Crippen LogP contribution in [0.2, 0.25) is 0 Å². The van der Waals surface area contributed by atoms with E-state index in [4.69, 9.17) is 0 Å². The van der Waals surface area contributed by atoms with Gasteiger partial charge in [-0.2, -0.15) is 5.10 Å². The maximum Gasteiger partial charge on any atom is 0.272 e. The van der Waals surface area contributed by atoms with Crippen molar-refractivity contribution in [2.45, 2.75) is 6.42 Å². The summed E-state index contributed by atoms with van der Waals surface area (Å²) in [5.74, 6) is -0.651. The van der Waals surface area contributed by atoms with E-state index in [1.54, 1.807) is 54.6 Å². The molecule has 1 heterocycles. The van der Waals surface area contributed by atoms with Crippen LogP contribution >= 0.6 is 0 Å². The fraction of sp³-hybridized carbons (Fsp3) is 0.100. The second-order valence-corrected chi connectivity index (χ2v) is 5.81. The fourth-order valence-electron chi connectivity index (χ4n) is 2.70. The maximum atomic E-state index is 12.5. The average molecular weight is 362 g/mol. The third kappa shape index (κ3) is 4.09. The molecule has 3 N–H and O–H groups in total. The van der Waals surface area contributed by atoms with Gasteiger partial charge in [0.05, 0.1) is 28.8 Å². The Morgan fingerprint density at radius 1 is 1.07 bits per heavy atom. The number of nitrogens with zero attached hydrogens (tertiary/aromatic N) is 1. The smallest absolute Gasteiger partial charge is 0.272 e. The molecule has 0 bridgehead atoms. The molecular weight excluding hydrogens is 344 g/mol. The molecule has 0 atom stereocenters. The molecule has 1 aromatic heterocycles. The minimum Gasteiger partial charge on any atom is -0.349 e. The first-order chi connectivity index (χ1) is 13.1. The van der Waals surface area contributed by atoms with E-state index < -0.39 is 0 Å². The topological polar surface area (TPSA) is 104 Å². The molecule has 0 saturated carbocycles. The number of amides is 2. The number of fused-ring (bicyclic) bond motifs is 1. The van der Waals surface area contributed by atoms with Gasteiger partial charge >= 0.3 is 0 Å². The molecule has 0 aliphatic rings. The van der Waals surface area contributed by atoms with Gasteiger partial charge in [-0.3, -0.25) is 14.4 Å². The molecule has 7 heteroatoms. The Morgan fingerprint density at radius 3 is 2.56 bits per heavy atom. The van der Waals surface area contributed by atoms with Gasteiger partial charge in [0.2, 0.25) is 5.91 Å². The van der Waals surface area contributed by atoms with Crippen LogP contribution in [-0.2, 0) is 11.2 Å². The fourth-order valence-corrected chi connectivity index (χ4v) is 2.70. The molecule has 0 unspecified atom stereocenters. The third-order valence-electron chi connectivity index (χ3n) is 3.96. The van der Waals surface area contributed by atoms with Gasteiger partial charge in [0.25, 0.3) is 11.5 Å².